The van der Waals surface area contributed by atoms with E-state index in [4.69, 9.17) is 0 Å². The molecule has 0 N–H and O–H groups in total. The Morgan fingerprint density at radius 2 is 2.50 bits per heavy atom. The van der Waals surface area contributed by atoms with Crippen molar-refractivity contribution < 1.29 is 9.53 Å². The predicted octanol–water partition coefficient (Wildman–Crippen LogP) is 1.36. The summed E-state index contributed by atoms with van der Waals surface area (Å²) in [5.41, 5.74) is 0. The Morgan fingerprint density at radius 1 is 1.80 bits per heavy atom. The van der Waals surface area contributed by atoms with Crippen molar-refractivity contribution in [1.82, 2.24) is 4.90 Å². The van der Waals surface area contributed by atoms with Gasteiger partial charge in [-0.1, -0.05) is 6.08 Å². The van der Waals surface area contributed by atoms with E-state index in [0.717, 1.165) is 6.42 Å². The molecule has 1 atom stereocenters. The second kappa shape index (κ2) is 2.73. The zero-order valence-corrected chi connectivity index (χ0v) is 6.20. The van der Waals surface area contributed by atoms with E-state index in [-0.39, 0.29) is 12.1 Å². The largest absolute Gasteiger partial charge is 0.452 e. The summed E-state index contributed by atoms with van der Waals surface area (Å²) < 4.78 is 4.54. The Morgan fingerprint density at radius 3 is 2.90 bits per heavy atom. The Kier molecular flexibility index (Phi) is 1.94. The molecule has 0 bridgehead atoms. The van der Waals surface area contributed by atoms with E-state index in [9.17, 15) is 4.79 Å². The molecule has 0 spiro atoms. The zero-order valence-electron chi connectivity index (χ0n) is 6.20. The Balaban J connectivity index is 2.55. The molecule has 1 rings (SSSR count). The summed E-state index contributed by atoms with van der Waals surface area (Å²) in [4.78, 5) is 12.5. The van der Waals surface area contributed by atoms with Crippen LogP contribution < -0.4 is 0 Å². The third kappa shape index (κ3) is 1.12. The van der Waals surface area contributed by atoms with Crippen molar-refractivity contribution in [2.75, 3.05) is 7.11 Å². The molecule has 0 aromatic heterocycles. The van der Waals surface area contributed by atoms with Crippen LogP contribution in [-0.2, 0) is 4.74 Å². The van der Waals surface area contributed by atoms with Gasteiger partial charge in [0.1, 0.15) is 0 Å². The Bertz CT molecular complexity index is 165. The molecule has 0 aromatic rings. The molecule has 0 aromatic carbocycles. The number of ether oxygens (including phenoxy) is 1. The van der Waals surface area contributed by atoms with Gasteiger partial charge in [-0.05, 0) is 13.3 Å². The molecule has 1 aliphatic rings. The molecule has 10 heavy (non-hydrogen) atoms. The van der Waals surface area contributed by atoms with E-state index in [2.05, 4.69) is 4.74 Å². The molecule has 3 heteroatoms. The molecule has 0 fully saturated rings. The van der Waals surface area contributed by atoms with Crippen molar-refractivity contribution in [2.24, 2.45) is 0 Å². The van der Waals surface area contributed by atoms with Gasteiger partial charge in [0.2, 0.25) is 0 Å². The van der Waals surface area contributed by atoms with Gasteiger partial charge in [-0.3, -0.25) is 4.90 Å². The lowest BCUT2D eigenvalue weighted by Crippen LogP contribution is -2.30. The number of carbonyl (C=O) groups excluding carboxylic acids is 1. The third-order valence-corrected chi connectivity index (χ3v) is 1.60. The minimum Gasteiger partial charge on any atom is -0.452 e. The molecule has 3 nitrogen and oxygen atoms in total. The van der Waals surface area contributed by atoms with Gasteiger partial charge in [-0.2, -0.15) is 0 Å². The van der Waals surface area contributed by atoms with Crippen molar-refractivity contribution in [2.45, 2.75) is 19.4 Å². The lowest BCUT2D eigenvalue weighted by molar-refractivity contribution is 0.132. The number of rotatable bonds is 0. The van der Waals surface area contributed by atoms with Gasteiger partial charge in [-0.15, -0.1) is 0 Å². The van der Waals surface area contributed by atoms with Crippen LogP contribution in [0.15, 0.2) is 12.3 Å². The summed E-state index contributed by atoms with van der Waals surface area (Å²) in [7, 11) is 1.39. The van der Waals surface area contributed by atoms with E-state index in [1.54, 1.807) is 11.1 Å². The fourth-order valence-corrected chi connectivity index (χ4v) is 0.978. The summed E-state index contributed by atoms with van der Waals surface area (Å²) in [5.74, 6) is 0. The molecule has 1 aliphatic heterocycles. The number of hydrogen-bond donors (Lipinski definition) is 0. The van der Waals surface area contributed by atoms with Crippen LogP contribution in [0.25, 0.3) is 0 Å². The monoisotopic (exact) mass is 141 g/mol. The first-order valence-electron chi connectivity index (χ1n) is 3.28. The topological polar surface area (TPSA) is 29.5 Å². The van der Waals surface area contributed by atoms with Crippen LogP contribution in [0.3, 0.4) is 0 Å². The highest BCUT2D eigenvalue weighted by atomic mass is 16.5. The first-order valence-corrected chi connectivity index (χ1v) is 3.28. The van der Waals surface area contributed by atoms with E-state index in [0.29, 0.717) is 0 Å². The van der Waals surface area contributed by atoms with Crippen molar-refractivity contribution >= 4 is 6.09 Å². The van der Waals surface area contributed by atoms with E-state index in [1.165, 1.54) is 7.11 Å². The normalized spacial score (nSPS) is 23.4. The highest BCUT2D eigenvalue weighted by Crippen LogP contribution is 2.13. The fraction of sp³-hybridized carbons (Fsp3) is 0.571. The standard InChI is InChI=1S/C7H11NO2/c1-6-4-3-5-8(6)7(9)10-2/h3,5-6H,4H2,1-2H3. The maximum absolute atomic E-state index is 10.9. The molecule has 0 saturated carbocycles. The van der Waals surface area contributed by atoms with Gasteiger partial charge < -0.3 is 4.74 Å². The highest BCUT2D eigenvalue weighted by Gasteiger charge is 2.20. The average Bonchev–Trinajstić information content (AvgIpc) is 2.34. The van der Waals surface area contributed by atoms with Crippen LogP contribution in [0.2, 0.25) is 0 Å². The fourth-order valence-electron chi connectivity index (χ4n) is 0.978. The molecule has 0 aliphatic carbocycles. The summed E-state index contributed by atoms with van der Waals surface area (Å²) in [6.45, 7) is 1.98. The second-order valence-corrected chi connectivity index (χ2v) is 2.35. The first kappa shape index (κ1) is 7.12. The van der Waals surface area contributed by atoms with Crippen LogP contribution in [-0.4, -0.2) is 24.1 Å². The van der Waals surface area contributed by atoms with Crippen LogP contribution in [0.1, 0.15) is 13.3 Å². The van der Waals surface area contributed by atoms with E-state index in [1.807, 2.05) is 13.0 Å². The SMILES string of the molecule is COC(=O)N1C=CCC1C. The average molecular weight is 141 g/mol. The minimum atomic E-state index is -0.277. The lowest BCUT2D eigenvalue weighted by atomic mass is 10.3. The molecule has 1 amide bonds. The van der Waals surface area contributed by atoms with Crippen molar-refractivity contribution in [1.29, 1.82) is 0 Å². The lowest BCUT2D eigenvalue weighted by Gasteiger charge is -2.17. The number of methoxy groups -OCH3 is 1. The summed E-state index contributed by atoms with van der Waals surface area (Å²) in [6, 6.07) is 0.257. The van der Waals surface area contributed by atoms with E-state index < -0.39 is 0 Å². The van der Waals surface area contributed by atoms with Crippen LogP contribution in [0, 0.1) is 0 Å². The maximum atomic E-state index is 10.9. The summed E-state index contributed by atoms with van der Waals surface area (Å²) in [5, 5.41) is 0. The third-order valence-electron chi connectivity index (χ3n) is 1.60. The number of carbonyl (C=O) groups is 1. The molecular weight excluding hydrogens is 130 g/mol. The molecule has 1 unspecified atom stereocenters. The van der Waals surface area contributed by atoms with E-state index >= 15 is 0 Å². The maximum Gasteiger partial charge on any atom is 0.413 e. The van der Waals surface area contributed by atoms with Gasteiger partial charge in [0, 0.05) is 12.2 Å². The number of amides is 1. The highest BCUT2D eigenvalue weighted by molar-refractivity contribution is 5.69. The number of nitrogens with zero attached hydrogens (tertiary/aromatic N) is 1. The van der Waals surface area contributed by atoms with Crippen LogP contribution >= 0.6 is 0 Å². The quantitative estimate of drug-likeness (QED) is 0.509. The second-order valence-electron chi connectivity index (χ2n) is 2.35. The van der Waals surface area contributed by atoms with Crippen molar-refractivity contribution in [3.05, 3.63) is 12.3 Å². The van der Waals surface area contributed by atoms with Crippen molar-refractivity contribution in [3.8, 4) is 0 Å². The van der Waals surface area contributed by atoms with Crippen LogP contribution in [0.5, 0.6) is 0 Å². The van der Waals surface area contributed by atoms with Gasteiger partial charge in [0.15, 0.2) is 0 Å². The van der Waals surface area contributed by atoms with Gasteiger partial charge in [0.25, 0.3) is 0 Å². The Hall–Kier alpha value is -0.990. The first-order chi connectivity index (χ1) is 4.75. The predicted molar refractivity (Wildman–Crippen MR) is 37.5 cm³/mol. The summed E-state index contributed by atoms with van der Waals surface area (Å²) in [6.07, 6.45) is 4.37. The minimum absolute atomic E-state index is 0.257. The van der Waals surface area contributed by atoms with Gasteiger partial charge in [-0.25, -0.2) is 4.79 Å². The molecular formula is C7H11NO2. The van der Waals surface area contributed by atoms with Gasteiger partial charge in [0.05, 0.1) is 7.11 Å². The smallest absolute Gasteiger partial charge is 0.413 e. The zero-order chi connectivity index (χ0) is 7.56. The molecule has 0 radical (unpaired) electrons. The van der Waals surface area contributed by atoms with Crippen LogP contribution in [0.4, 0.5) is 4.79 Å². The Labute approximate surface area is 60.3 Å². The molecule has 56 valence electrons. The number of hydrogen-bond acceptors (Lipinski definition) is 2. The van der Waals surface area contributed by atoms with Gasteiger partial charge >= 0.3 is 6.09 Å². The molecule has 0 saturated heterocycles. The molecule has 1 heterocycles. The van der Waals surface area contributed by atoms with Crippen molar-refractivity contribution in [3.63, 3.8) is 0 Å². The summed E-state index contributed by atoms with van der Waals surface area (Å²) >= 11 is 0.